The molecule has 0 saturated carbocycles. The Labute approximate surface area is 166 Å². The summed E-state index contributed by atoms with van der Waals surface area (Å²) in [5.41, 5.74) is 2.99. The van der Waals surface area contributed by atoms with E-state index in [4.69, 9.17) is 9.26 Å². The number of esters is 1. The lowest BCUT2D eigenvalue weighted by atomic mass is 10.1. The predicted octanol–water partition coefficient (Wildman–Crippen LogP) is 3.38. The summed E-state index contributed by atoms with van der Waals surface area (Å²) < 4.78 is 10.5. The lowest BCUT2D eigenvalue weighted by Gasteiger charge is -2.12. The fourth-order valence-electron chi connectivity index (χ4n) is 3.16. The smallest absolute Gasteiger partial charge is 0.307 e. The number of amides is 2. The van der Waals surface area contributed by atoms with Crippen molar-refractivity contribution in [2.24, 2.45) is 0 Å². The second kappa shape index (κ2) is 7.71. The van der Waals surface area contributed by atoms with Crippen LogP contribution in [0.1, 0.15) is 38.4 Å². The highest BCUT2D eigenvalue weighted by molar-refractivity contribution is 6.21. The molecule has 2 heterocycles. The Morgan fingerprint density at radius 1 is 1.03 bits per heavy atom. The lowest BCUT2D eigenvalue weighted by molar-refractivity contribution is -0.145. The maximum atomic E-state index is 12.4. The number of benzene rings is 2. The van der Waals surface area contributed by atoms with E-state index in [1.807, 2.05) is 37.3 Å². The second-order valence-corrected chi connectivity index (χ2v) is 6.77. The number of carbonyl (C=O) groups excluding carboxylic acids is 3. The molecule has 7 heteroatoms. The molecule has 1 aromatic heterocycles. The molecule has 0 radical (unpaired) electrons. The maximum absolute atomic E-state index is 12.4. The van der Waals surface area contributed by atoms with E-state index in [-0.39, 0.29) is 31.4 Å². The van der Waals surface area contributed by atoms with Gasteiger partial charge in [0.1, 0.15) is 12.3 Å². The van der Waals surface area contributed by atoms with Gasteiger partial charge in [-0.3, -0.25) is 19.3 Å². The molecule has 1 aliphatic heterocycles. The zero-order valence-electron chi connectivity index (χ0n) is 15.8. The van der Waals surface area contributed by atoms with Crippen LogP contribution in [0.5, 0.6) is 0 Å². The van der Waals surface area contributed by atoms with E-state index < -0.39 is 5.97 Å². The van der Waals surface area contributed by atoms with Crippen molar-refractivity contribution in [2.75, 3.05) is 6.54 Å². The average Bonchev–Trinajstić information content (AvgIpc) is 3.29. The van der Waals surface area contributed by atoms with Crippen molar-refractivity contribution in [3.8, 4) is 11.3 Å². The van der Waals surface area contributed by atoms with E-state index in [0.717, 1.165) is 16.0 Å². The first-order valence-electron chi connectivity index (χ1n) is 9.16. The number of fused-ring (bicyclic) bond motifs is 1. The molecule has 0 fully saturated rings. The summed E-state index contributed by atoms with van der Waals surface area (Å²) in [6, 6.07) is 16.3. The molecule has 0 aliphatic carbocycles. The Morgan fingerprint density at radius 2 is 1.79 bits per heavy atom. The van der Waals surface area contributed by atoms with Crippen LogP contribution in [0.3, 0.4) is 0 Å². The van der Waals surface area contributed by atoms with E-state index in [0.29, 0.717) is 22.6 Å². The summed E-state index contributed by atoms with van der Waals surface area (Å²) in [6.45, 7) is 1.78. The largest absolute Gasteiger partial charge is 0.459 e. The highest BCUT2D eigenvalue weighted by atomic mass is 16.5. The van der Waals surface area contributed by atoms with Crippen LogP contribution in [-0.2, 0) is 16.1 Å². The molecule has 0 bridgehead atoms. The van der Waals surface area contributed by atoms with E-state index in [9.17, 15) is 14.4 Å². The highest BCUT2D eigenvalue weighted by Gasteiger charge is 2.35. The SMILES string of the molecule is Cc1ccc2c(c1)C(=O)N(CCC(=O)OCc1cc(-c3ccccc3)on1)C2=O. The van der Waals surface area contributed by atoms with Gasteiger partial charge in [-0.1, -0.05) is 47.1 Å². The first-order valence-corrected chi connectivity index (χ1v) is 9.16. The van der Waals surface area contributed by atoms with Gasteiger partial charge < -0.3 is 9.26 Å². The fourth-order valence-corrected chi connectivity index (χ4v) is 3.16. The highest BCUT2D eigenvalue weighted by Crippen LogP contribution is 2.24. The molecule has 0 N–H and O–H groups in total. The third kappa shape index (κ3) is 3.80. The van der Waals surface area contributed by atoms with Crippen LogP contribution in [0.15, 0.2) is 59.1 Å². The van der Waals surface area contributed by atoms with Gasteiger partial charge in [0.05, 0.1) is 17.5 Å². The summed E-state index contributed by atoms with van der Waals surface area (Å²) in [6.07, 6.45) is -0.0894. The van der Waals surface area contributed by atoms with Gasteiger partial charge in [0.25, 0.3) is 11.8 Å². The normalized spacial score (nSPS) is 12.9. The number of aryl methyl sites for hydroxylation is 1. The molecular formula is C22H18N2O5. The average molecular weight is 390 g/mol. The molecule has 1 aliphatic rings. The number of aromatic nitrogens is 1. The summed E-state index contributed by atoms with van der Waals surface area (Å²) in [5.74, 6) is -0.715. The van der Waals surface area contributed by atoms with E-state index in [1.54, 1.807) is 24.3 Å². The number of hydrogen-bond acceptors (Lipinski definition) is 6. The molecule has 2 amide bonds. The summed E-state index contributed by atoms with van der Waals surface area (Å²) in [5, 5.41) is 3.89. The van der Waals surface area contributed by atoms with Crippen molar-refractivity contribution < 1.29 is 23.6 Å². The summed E-state index contributed by atoms with van der Waals surface area (Å²) >= 11 is 0. The van der Waals surface area contributed by atoms with E-state index in [1.165, 1.54) is 0 Å². The molecule has 3 aromatic rings. The number of imide groups is 1. The fraction of sp³-hybridized carbons (Fsp3) is 0.182. The number of ether oxygens (including phenoxy) is 1. The molecule has 0 saturated heterocycles. The van der Waals surface area contributed by atoms with E-state index >= 15 is 0 Å². The van der Waals surface area contributed by atoms with Crippen molar-refractivity contribution in [3.05, 3.63) is 77.0 Å². The minimum Gasteiger partial charge on any atom is -0.459 e. The van der Waals surface area contributed by atoms with Crippen molar-refractivity contribution in [3.63, 3.8) is 0 Å². The van der Waals surface area contributed by atoms with Gasteiger partial charge in [0.15, 0.2) is 5.76 Å². The van der Waals surface area contributed by atoms with Gasteiger partial charge in [0, 0.05) is 18.2 Å². The van der Waals surface area contributed by atoms with E-state index in [2.05, 4.69) is 5.16 Å². The maximum Gasteiger partial charge on any atom is 0.307 e. The topological polar surface area (TPSA) is 89.7 Å². The monoisotopic (exact) mass is 390 g/mol. The number of rotatable bonds is 6. The molecule has 4 rings (SSSR count). The third-order valence-corrected chi connectivity index (χ3v) is 4.66. The first-order chi connectivity index (χ1) is 14.0. The standard InChI is InChI=1S/C22H18N2O5/c1-14-7-8-17-18(11-14)22(27)24(21(17)26)10-9-20(25)28-13-16-12-19(29-23-16)15-5-3-2-4-6-15/h2-8,11-12H,9-10,13H2,1H3. The van der Waals surface area contributed by atoms with Gasteiger partial charge >= 0.3 is 5.97 Å². The van der Waals surface area contributed by atoms with Gasteiger partial charge in [-0.25, -0.2) is 0 Å². The second-order valence-electron chi connectivity index (χ2n) is 6.77. The van der Waals surface area contributed by atoms with Crippen LogP contribution in [0.25, 0.3) is 11.3 Å². The summed E-state index contributed by atoms with van der Waals surface area (Å²) in [7, 11) is 0. The minimum absolute atomic E-state index is 0.0295. The Hall–Kier alpha value is -3.74. The van der Waals surface area contributed by atoms with Crippen LogP contribution < -0.4 is 0 Å². The Morgan fingerprint density at radius 3 is 2.59 bits per heavy atom. The van der Waals surface area contributed by atoms with Gasteiger partial charge in [-0.15, -0.1) is 0 Å². The molecule has 146 valence electrons. The number of nitrogens with zero attached hydrogens (tertiary/aromatic N) is 2. The van der Waals surface area contributed by atoms with Crippen molar-refractivity contribution in [1.29, 1.82) is 0 Å². The minimum atomic E-state index is -0.526. The molecule has 29 heavy (non-hydrogen) atoms. The Kier molecular flexibility index (Phi) is 4.95. The summed E-state index contributed by atoms with van der Waals surface area (Å²) in [4.78, 5) is 37.9. The van der Waals surface area contributed by atoms with Crippen LogP contribution >= 0.6 is 0 Å². The molecule has 0 atom stereocenters. The molecule has 0 spiro atoms. The van der Waals surface area contributed by atoms with Gasteiger partial charge in [0.2, 0.25) is 0 Å². The van der Waals surface area contributed by atoms with Crippen LogP contribution in [0.4, 0.5) is 0 Å². The van der Waals surface area contributed by atoms with Crippen molar-refractivity contribution >= 4 is 17.8 Å². The number of carbonyl (C=O) groups is 3. The molecular weight excluding hydrogens is 372 g/mol. The molecule has 2 aromatic carbocycles. The zero-order valence-corrected chi connectivity index (χ0v) is 15.8. The van der Waals surface area contributed by atoms with Crippen LogP contribution in [0, 0.1) is 6.92 Å². The molecule has 0 unspecified atom stereocenters. The van der Waals surface area contributed by atoms with Gasteiger partial charge in [-0.05, 0) is 19.1 Å². The third-order valence-electron chi connectivity index (χ3n) is 4.66. The predicted molar refractivity (Wildman–Crippen MR) is 103 cm³/mol. The van der Waals surface area contributed by atoms with Crippen LogP contribution in [-0.4, -0.2) is 34.4 Å². The Bertz CT molecular complexity index is 1090. The van der Waals surface area contributed by atoms with Crippen LogP contribution in [0.2, 0.25) is 0 Å². The van der Waals surface area contributed by atoms with Crippen molar-refractivity contribution in [1.82, 2.24) is 10.1 Å². The van der Waals surface area contributed by atoms with Gasteiger partial charge in [-0.2, -0.15) is 0 Å². The zero-order chi connectivity index (χ0) is 20.4. The quantitative estimate of drug-likeness (QED) is 0.473. The Balaban J connectivity index is 1.31. The molecule has 7 nitrogen and oxygen atoms in total. The number of hydrogen-bond donors (Lipinski definition) is 0. The van der Waals surface area contributed by atoms with Crippen molar-refractivity contribution in [2.45, 2.75) is 20.0 Å². The lowest BCUT2D eigenvalue weighted by Crippen LogP contribution is -2.32. The first kappa shape index (κ1) is 18.6.